The second-order valence-electron chi connectivity index (χ2n) is 21.0. The van der Waals surface area contributed by atoms with Crippen LogP contribution in [0.1, 0.15) is 316 Å². The Bertz CT molecular complexity index is 1360. The highest BCUT2D eigenvalue weighted by Crippen LogP contribution is 2.17. The zero-order chi connectivity index (χ0) is 52.9. The predicted molar refractivity (Wildman–Crippen MR) is 316 cm³/mol. The Morgan fingerprint density at radius 1 is 0.288 bits per heavy atom. The van der Waals surface area contributed by atoms with Crippen LogP contribution < -0.4 is 0 Å². The van der Waals surface area contributed by atoms with E-state index in [-0.39, 0.29) is 31.1 Å². The first kappa shape index (κ1) is 69.8. The average Bonchev–Trinajstić information content (AvgIpc) is 3.39. The molecule has 0 radical (unpaired) electrons. The summed E-state index contributed by atoms with van der Waals surface area (Å²) in [6.07, 6.45) is 79.1. The maximum atomic E-state index is 12.9. The highest BCUT2D eigenvalue weighted by molar-refractivity contribution is 5.71. The van der Waals surface area contributed by atoms with Crippen molar-refractivity contribution < 1.29 is 28.6 Å². The van der Waals surface area contributed by atoms with Gasteiger partial charge in [-0.3, -0.25) is 14.4 Å². The van der Waals surface area contributed by atoms with E-state index in [0.717, 1.165) is 96.3 Å². The van der Waals surface area contributed by atoms with Crippen molar-refractivity contribution in [3.8, 4) is 0 Å². The van der Waals surface area contributed by atoms with Crippen LogP contribution in [0.5, 0.6) is 0 Å². The van der Waals surface area contributed by atoms with Crippen molar-refractivity contribution in [1.82, 2.24) is 0 Å². The Hall–Kier alpha value is -3.15. The van der Waals surface area contributed by atoms with E-state index in [4.69, 9.17) is 14.2 Å². The third-order valence-corrected chi connectivity index (χ3v) is 13.7. The molecule has 0 heterocycles. The molecule has 6 heteroatoms. The zero-order valence-corrected chi connectivity index (χ0v) is 48.4. The molecule has 0 saturated carbocycles. The van der Waals surface area contributed by atoms with Gasteiger partial charge in [0, 0.05) is 19.3 Å². The van der Waals surface area contributed by atoms with Gasteiger partial charge in [0.25, 0.3) is 0 Å². The number of unbranched alkanes of at least 4 members (excludes halogenated alkanes) is 34. The number of hydrogen-bond acceptors (Lipinski definition) is 6. The van der Waals surface area contributed by atoms with Crippen molar-refractivity contribution in [2.75, 3.05) is 13.2 Å². The number of rotatable bonds is 57. The van der Waals surface area contributed by atoms with Gasteiger partial charge >= 0.3 is 17.9 Å². The van der Waals surface area contributed by atoms with Gasteiger partial charge in [-0.15, -0.1) is 0 Å². The van der Waals surface area contributed by atoms with Crippen LogP contribution in [0.15, 0.2) is 72.9 Å². The lowest BCUT2D eigenvalue weighted by Gasteiger charge is -2.18. The van der Waals surface area contributed by atoms with Crippen LogP contribution >= 0.6 is 0 Å². The lowest BCUT2D eigenvalue weighted by atomic mass is 10.0. The summed E-state index contributed by atoms with van der Waals surface area (Å²) in [5.41, 5.74) is 0. The molecule has 0 aromatic carbocycles. The first-order chi connectivity index (χ1) is 36.0. The molecule has 0 aromatic rings. The first-order valence-electron chi connectivity index (χ1n) is 31.4. The molecule has 422 valence electrons. The van der Waals surface area contributed by atoms with E-state index in [1.807, 2.05) is 0 Å². The number of carbonyl (C=O) groups is 3. The lowest BCUT2D eigenvalue weighted by molar-refractivity contribution is -0.167. The lowest BCUT2D eigenvalue weighted by Crippen LogP contribution is -2.30. The second kappa shape index (κ2) is 61.4. The molecule has 0 rings (SSSR count). The Morgan fingerprint density at radius 2 is 0.534 bits per heavy atom. The van der Waals surface area contributed by atoms with E-state index in [1.54, 1.807) is 0 Å². The zero-order valence-electron chi connectivity index (χ0n) is 48.4. The fourth-order valence-electron chi connectivity index (χ4n) is 9.04. The molecular weight excluding hydrogens is 901 g/mol. The van der Waals surface area contributed by atoms with Crippen molar-refractivity contribution in [2.45, 2.75) is 322 Å². The number of allylic oxidation sites excluding steroid dienone is 12. The summed E-state index contributed by atoms with van der Waals surface area (Å²) in [5, 5.41) is 0. The van der Waals surface area contributed by atoms with Crippen LogP contribution in [-0.4, -0.2) is 37.2 Å². The molecule has 73 heavy (non-hydrogen) atoms. The fourth-order valence-corrected chi connectivity index (χ4v) is 9.04. The molecular formula is C67H118O6. The standard InChI is InChI=1S/C67H118O6/c1-4-7-10-13-16-19-22-24-26-27-28-29-30-31-32-33-34-35-36-37-38-39-41-42-45-48-51-54-57-60-66(69)72-63-64(62-71-65(68)59-56-53-50-47-44-21-18-15-12-9-6-3)73-67(70)61-58-55-52-49-46-43-40-25-23-20-17-14-11-8-5-2/h7,10,16,19,24,26,28-29,31-32,34-35,64H,4-6,8-9,11-15,17-18,20-23,25,27,30,33,36-63H2,1-3H3/b10-7-,19-16-,26-24-,29-28-,32-31-,35-34-. The largest absolute Gasteiger partial charge is 0.462 e. The third-order valence-electron chi connectivity index (χ3n) is 13.7. The van der Waals surface area contributed by atoms with Gasteiger partial charge in [-0.2, -0.15) is 0 Å². The number of ether oxygens (including phenoxy) is 3. The summed E-state index contributed by atoms with van der Waals surface area (Å²) < 4.78 is 16.9. The quantitative estimate of drug-likeness (QED) is 0.0261. The highest BCUT2D eigenvalue weighted by atomic mass is 16.6. The summed E-state index contributed by atoms with van der Waals surface area (Å²) in [6, 6.07) is 0. The maximum absolute atomic E-state index is 12.9. The molecule has 0 aliphatic heterocycles. The summed E-state index contributed by atoms with van der Waals surface area (Å²) in [5.74, 6) is -0.861. The molecule has 0 bridgehead atoms. The SMILES string of the molecule is CC/C=C\C/C=C\C/C=C\C/C=C\C/C=C\C/C=C\CCCCCCCCCCCCC(=O)OCC(COC(=O)CCCCCCCCCCCCC)OC(=O)CCCCCCCCCCCCCCCCC. The van der Waals surface area contributed by atoms with Gasteiger partial charge in [-0.05, 0) is 70.6 Å². The van der Waals surface area contributed by atoms with Gasteiger partial charge in [0.15, 0.2) is 6.10 Å². The van der Waals surface area contributed by atoms with E-state index in [2.05, 4.69) is 93.7 Å². The smallest absolute Gasteiger partial charge is 0.306 e. The van der Waals surface area contributed by atoms with Gasteiger partial charge < -0.3 is 14.2 Å². The molecule has 0 aliphatic carbocycles. The van der Waals surface area contributed by atoms with Gasteiger partial charge in [0.1, 0.15) is 13.2 Å². The van der Waals surface area contributed by atoms with Gasteiger partial charge in [0.05, 0.1) is 0 Å². The molecule has 0 aromatic heterocycles. The molecule has 0 amide bonds. The van der Waals surface area contributed by atoms with Crippen molar-refractivity contribution in [1.29, 1.82) is 0 Å². The molecule has 6 nitrogen and oxygen atoms in total. The minimum Gasteiger partial charge on any atom is -0.462 e. The van der Waals surface area contributed by atoms with Crippen LogP contribution in [0.4, 0.5) is 0 Å². The summed E-state index contributed by atoms with van der Waals surface area (Å²) in [7, 11) is 0. The van der Waals surface area contributed by atoms with E-state index < -0.39 is 6.10 Å². The van der Waals surface area contributed by atoms with E-state index >= 15 is 0 Å². The highest BCUT2D eigenvalue weighted by Gasteiger charge is 2.19. The summed E-state index contributed by atoms with van der Waals surface area (Å²) >= 11 is 0. The summed E-state index contributed by atoms with van der Waals surface area (Å²) in [4.78, 5) is 38.2. The molecule has 0 aliphatic rings. The topological polar surface area (TPSA) is 78.9 Å². The minimum atomic E-state index is -0.772. The maximum Gasteiger partial charge on any atom is 0.306 e. The van der Waals surface area contributed by atoms with Gasteiger partial charge in [0.2, 0.25) is 0 Å². The van der Waals surface area contributed by atoms with Crippen LogP contribution in [0.2, 0.25) is 0 Å². The Kier molecular flexibility index (Phi) is 58.7. The normalized spacial score (nSPS) is 12.5. The fraction of sp³-hybridized carbons (Fsp3) is 0.776. The van der Waals surface area contributed by atoms with Crippen LogP contribution in [0.3, 0.4) is 0 Å². The molecule has 0 fully saturated rings. The molecule has 1 unspecified atom stereocenters. The number of carbonyl (C=O) groups excluding carboxylic acids is 3. The van der Waals surface area contributed by atoms with Gasteiger partial charge in [-0.25, -0.2) is 0 Å². The monoisotopic (exact) mass is 1020 g/mol. The van der Waals surface area contributed by atoms with Crippen LogP contribution in [-0.2, 0) is 28.6 Å². The van der Waals surface area contributed by atoms with Crippen molar-refractivity contribution in [2.24, 2.45) is 0 Å². The minimum absolute atomic E-state index is 0.0712. The van der Waals surface area contributed by atoms with Crippen LogP contribution in [0.25, 0.3) is 0 Å². The van der Waals surface area contributed by atoms with Crippen molar-refractivity contribution in [3.63, 3.8) is 0 Å². The van der Waals surface area contributed by atoms with E-state index in [1.165, 1.54) is 180 Å². The Balaban J connectivity index is 4.21. The molecule has 0 saturated heterocycles. The van der Waals surface area contributed by atoms with E-state index in [9.17, 15) is 14.4 Å². The van der Waals surface area contributed by atoms with E-state index in [0.29, 0.717) is 19.3 Å². The molecule has 0 spiro atoms. The predicted octanol–water partition coefficient (Wildman–Crippen LogP) is 21.3. The Labute approximate surface area is 453 Å². The average molecular weight is 1020 g/mol. The second-order valence-corrected chi connectivity index (χ2v) is 21.0. The first-order valence-corrected chi connectivity index (χ1v) is 31.4. The number of hydrogen-bond donors (Lipinski definition) is 0. The van der Waals surface area contributed by atoms with Crippen molar-refractivity contribution in [3.05, 3.63) is 72.9 Å². The van der Waals surface area contributed by atoms with Crippen LogP contribution in [0, 0.1) is 0 Å². The molecule has 0 N–H and O–H groups in total. The summed E-state index contributed by atoms with van der Waals surface area (Å²) in [6.45, 7) is 6.55. The van der Waals surface area contributed by atoms with Gasteiger partial charge in [-0.1, -0.05) is 299 Å². The number of esters is 3. The van der Waals surface area contributed by atoms with Crippen molar-refractivity contribution >= 4 is 17.9 Å². The Morgan fingerprint density at radius 3 is 0.836 bits per heavy atom. The molecule has 1 atom stereocenters. The third kappa shape index (κ3) is 59.6.